The zero-order chi connectivity index (χ0) is 10.2. The van der Waals surface area contributed by atoms with E-state index in [1.807, 2.05) is 0 Å². The lowest BCUT2D eigenvalue weighted by Gasteiger charge is -2.43. The third-order valence-corrected chi connectivity index (χ3v) is 13.8. The first-order valence-electron chi connectivity index (χ1n) is 4.86. The average Bonchev–Trinajstić information content (AvgIpc) is 1.49. The van der Waals surface area contributed by atoms with Crippen LogP contribution in [0.2, 0.25) is 19.6 Å². The van der Waals surface area contributed by atoms with Crippen molar-refractivity contribution in [3.63, 3.8) is 0 Å². The van der Waals surface area contributed by atoms with E-state index in [0.29, 0.717) is 5.16 Å². The first kappa shape index (κ1) is 12.6. The molecule has 0 aliphatic rings. The predicted molar refractivity (Wildman–Crippen MR) is 65.2 cm³/mol. The SMILES string of the molecule is CC(C)P(C(C)(C)C)[Si](C)(C)C. The maximum Gasteiger partial charge on any atom is 0.0729 e. The van der Waals surface area contributed by atoms with Gasteiger partial charge in [-0.1, -0.05) is 54.3 Å². The maximum atomic E-state index is 2.52. The van der Waals surface area contributed by atoms with Gasteiger partial charge in [0.05, 0.1) is 7.74 Å². The monoisotopic (exact) mass is 204 g/mol. The quantitative estimate of drug-likeness (QED) is 0.458. The second-order valence-corrected chi connectivity index (χ2v) is 18.7. The van der Waals surface area contributed by atoms with Crippen molar-refractivity contribution in [1.29, 1.82) is 0 Å². The Balaban J connectivity index is 4.70. The van der Waals surface area contributed by atoms with Crippen molar-refractivity contribution in [3.05, 3.63) is 0 Å². The van der Waals surface area contributed by atoms with E-state index >= 15 is 0 Å². The molecule has 1 unspecified atom stereocenters. The summed E-state index contributed by atoms with van der Waals surface area (Å²) in [6.45, 7) is 19.6. The summed E-state index contributed by atoms with van der Waals surface area (Å²) in [6.07, 6.45) is 0. The van der Waals surface area contributed by atoms with E-state index in [1.165, 1.54) is 0 Å². The van der Waals surface area contributed by atoms with E-state index in [0.717, 1.165) is 5.66 Å². The molecule has 12 heavy (non-hydrogen) atoms. The number of rotatable bonds is 2. The molecule has 0 spiro atoms. The smallest absolute Gasteiger partial charge is 0.0729 e. The van der Waals surface area contributed by atoms with E-state index in [1.54, 1.807) is 0 Å². The van der Waals surface area contributed by atoms with Crippen LogP contribution in [0.5, 0.6) is 0 Å². The first-order chi connectivity index (χ1) is 5.07. The molecule has 0 amide bonds. The molecule has 0 saturated carbocycles. The van der Waals surface area contributed by atoms with Crippen LogP contribution >= 0.6 is 7.47 Å². The van der Waals surface area contributed by atoms with Crippen molar-refractivity contribution >= 4 is 15.2 Å². The summed E-state index contributed by atoms with van der Waals surface area (Å²) in [5.74, 6) is 0. The molecule has 0 radical (unpaired) electrons. The van der Waals surface area contributed by atoms with E-state index < -0.39 is 7.74 Å². The fraction of sp³-hybridized carbons (Fsp3) is 1.00. The zero-order valence-corrected chi connectivity index (χ0v) is 11.9. The van der Waals surface area contributed by atoms with Crippen LogP contribution in [0.4, 0.5) is 0 Å². The lowest BCUT2D eigenvalue weighted by molar-refractivity contribution is 0.778. The minimum atomic E-state index is -0.920. The number of hydrogen-bond donors (Lipinski definition) is 0. The van der Waals surface area contributed by atoms with Gasteiger partial charge >= 0.3 is 0 Å². The molecule has 0 N–H and O–H groups in total. The lowest BCUT2D eigenvalue weighted by atomic mass is 10.3. The molecule has 2 heteroatoms. The van der Waals surface area contributed by atoms with Crippen LogP contribution < -0.4 is 0 Å². The second kappa shape index (κ2) is 3.80. The van der Waals surface area contributed by atoms with Crippen LogP contribution in [-0.2, 0) is 0 Å². The highest BCUT2D eigenvalue weighted by atomic mass is 31.4. The molecule has 0 saturated heterocycles. The van der Waals surface area contributed by atoms with E-state index in [-0.39, 0.29) is 7.47 Å². The summed E-state index contributed by atoms with van der Waals surface area (Å²) >= 11 is 0. The minimum absolute atomic E-state index is 0.237. The molecule has 0 aliphatic heterocycles. The molecular weight excluding hydrogens is 179 g/mol. The molecule has 0 heterocycles. The predicted octanol–water partition coefficient (Wildman–Crippen LogP) is 4.51. The molecular formula is C10H25PSi. The van der Waals surface area contributed by atoms with Crippen LogP contribution in [0.1, 0.15) is 34.6 Å². The summed E-state index contributed by atoms with van der Waals surface area (Å²) in [4.78, 5) is 0. The molecule has 0 aromatic heterocycles. The fourth-order valence-corrected chi connectivity index (χ4v) is 18.4. The highest BCUT2D eigenvalue weighted by Crippen LogP contribution is 2.60. The van der Waals surface area contributed by atoms with E-state index in [4.69, 9.17) is 0 Å². The van der Waals surface area contributed by atoms with Crippen molar-refractivity contribution in [2.24, 2.45) is 0 Å². The normalized spacial score (nSPS) is 16.8. The molecule has 0 aromatic rings. The third kappa shape index (κ3) is 3.58. The topological polar surface area (TPSA) is 0 Å². The van der Waals surface area contributed by atoms with Crippen molar-refractivity contribution in [1.82, 2.24) is 0 Å². The zero-order valence-electron chi connectivity index (χ0n) is 10.0. The van der Waals surface area contributed by atoms with Crippen molar-refractivity contribution in [3.8, 4) is 0 Å². The Morgan fingerprint density at radius 3 is 1.33 bits per heavy atom. The van der Waals surface area contributed by atoms with Gasteiger partial charge in [-0.2, -0.15) is 0 Å². The standard InChI is InChI=1S/C10H25PSi/c1-9(2)11(10(3,4)5)12(6,7)8/h9H,1-8H3. The second-order valence-electron chi connectivity index (χ2n) is 5.81. The van der Waals surface area contributed by atoms with Gasteiger partial charge in [0.15, 0.2) is 0 Å². The van der Waals surface area contributed by atoms with Crippen molar-refractivity contribution < 1.29 is 0 Å². The van der Waals surface area contributed by atoms with Gasteiger partial charge in [0, 0.05) is 0 Å². The molecule has 0 bridgehead atoms. The van der Waals surface area contributed by atoms with Crippen molar-refractivity contribution in [2.45, 2.75) is 65.1 Å². The molecule has 0 aromatic carbocycles. The summed E-state index contributed by atoms with van der Waals surface area (Å²) in [6, 6.07) is 0. The minimum Gasteiger partial charge on any atom is -0.111 e. The fourth-order valence-electron chi connectivity index (χ4n) is 2.56. The van der Waals surface area contributed by atoms with Gasteiger partial charge in [-0.25, -0.2) is 0 Å². The van der Waals surface area contributed by atoms with Crippen molar-refractivity contribution in [2.75, 3.05) is 0 Å². The van der Waals surface area contributed by atoms with Gasteiger partial charge in [-0.05, 0) is 10.8 Å². The van der Waals surface area contributed by atoms with E-state index in [9.17, 15) is 0 Å². The highest BCUT2D eigenvalue weighted by molar-refractivity contribution is 7.96. The first-order valence-corrected chi connectivity index (χ1v) is 10.6. The Morgan fingerprint density at radius 1 is 1.00 bits per heavy atom. The third-order valence-electron chi connectivity index (χ3n) is 1.96. The van der Waals surface area contributed by atoms with Crippen LogP contribution in [-0.4, -0.2) is 18.6 Å². The Bertz CT molecular complexity index is 125. The largest absolute Gasteiger partial charge is 0.111 e. The molecule has 0 rings (SSSR count). The molecule has 0 nitrogen and oxygen atoms in total. The van der Waals surface area contributed by atoms with Gasteiger partial charge in [0.25, 0.3) is 0 Å². The van der Waals surface area contributed by atoms with Gasteiger partial charge in [-0.3, -0.25) is 0 Å². The van der Waals surface area contributed by atoms with Gasteiger partial charge in [-0.15, -0.1) is 7.47 Å². The highest BCUT2D eigenvalue weighted by Gasteiger charge is 2.37. The van der Waals surface area contributed by atoms with Gasteiger partial charge in [0.1, 0.15) is 0 Å². The average molecular weight is 204 g/mol. The molecule has 1 atom stereocenters. The summed E-state index contributed by atoms with van der Waals surface area (Å²) in [5.41, 5.74) is 0.895. The summed E-state index contributed by atoms with van der Waals surface area (Å²) in [7, 11) is -0.683. The number of hydrogen-bond acceptors (Lipinski definition) is 0. The molecule has 0 aliphatic carbocycles. The van der Waals surface area contributed by atoms with Crippen LogP contribution in [0.25, 0.3) is 0 Å². The van der Waals surface area contributed by atoms with E-state index in [2.05, 4.69) is 54.3 Å². The van der Waals surface area contributed by atoms with Gasteiger partial charge < -0.3 is 0 Å². The Labute approximate surface area is 80.8 Å². The summed E-state index contributed by atoms with van der Waals surface area (Å²) < 4.78 is 0. The Morgan fingerprint density at radius 2 is 1.33 bits per heavy atom. The summed E-state index contributed by atoms with van der Waals surface area (Å²) in [5, 5.41) is 0.550. The Kier molecular flexibility index (Phi) is 4.00. The van der Waals surface area contributed by atoms with Crippen LogP contribution in [0, 0.1) is 0 Å². The Hall–Kier alpha value is 0.647. The molecule has 74 valence electrons. The maximum absolute atomic E-state index is 2.52. The van der Waals surface area contributed by atoms with Crippen LogP contribution in [0.3, 0.4) is 0 Å². The lowest BCUT2D eigenvalue weighted by Crippen LogP contribution is -2.32. The van der Waals surface area contributed by atoms with Gasteiger partial charge in [0.2, 0.25) is 0 Å². The van der Waals surface area contributed by atoms with Crippen LogP contribution in [0.15, 0.2) is 0 Å². The molecule has 0 fully saturated rings.